The number of rotatable bonds is 5. The molecule has 2 aromatic carbocycles. The molecular weight excluding hydrogens is 458 g/mol. The van der Waals surface area contributed by atoms with E-state index in [0.29, 0.717) is 11.3 Å². The summed E-state index contributed by atoms with van der Waals surface area (Å²) in [5.74, 6) is 0.104. The van der Waals surface area contributed by atoms with Gasteiger partial charge < -0.3 is 19.0 Å². The standard InChI is InChI=1S/C24H24BrN3O3/c1-16-20-15-18(25)2-5-22(20)31-23(16)24(29)26-19-3-4-21-17(14-19)6-7-28(21)9-8-27-10-12-30-13-11-27/h2-7,14-15H,8-13H2,1H3,(H,26,29). The summed E-state index contributed by atoms with van der Waals surface area (Å²) in [4.78, 5) is 15.3. The minimum Gasteiger partial charge on any atom is -0.451 e. The van der Waals surface area contributed by atoms with Crippen LogP contribution in [-0.4, -0.2) is 48.2 Å². The highest BCUT2D eigenvalue weighted by molar-refractivity contribution is 9.10. The van der Waals surface area contributed by atoms with Crippen molar-refractivity contribution < 1.29 is 13.9 Å². The molecule has 1 amide bonds. The normalized spacial score (nSPS) is 15.0. The van der Waals surface area contributed by atoms with Gasteiger partial charge in [0.2, 0.25) is 0 Å². The van der Waals surface area contributed by atoms with Crippen LogP contribution >= 0.6 is 15.9 Å². The lowest BCUT2D eigenvalue weighted by atomic mass is 10.1. The molecule has 0 atom stereocenters. The lowest BCUT2D eigenvalue weighted by Crippen LogP contribution is -2.38. The van der Waals surface area contributed by atoms with E-state index in [9.17, 15) is 4.79 Å². The first-order chi connectivity index (χ1) is 15.1. The maximum atomic E-state index is 12.9. The predicted molar refractivity (Wildman–Crippen MR) is 126 cm³/mol. The van der Waals surface area contributed by atoms with Crippen LogP contribution in [0.15, 0.2) is 57.6 Å². The first-order valence-electron chi connectivity index (χ1n) is 10.5. The molecule has 1 aliphatic heterocycles. The number of halogens is 1. The van der Waals surface area contributed by atoms with Crippen molar-refractivity contribution in [2.45, 2.75) is 13.5 Å². The zero-order valence-electron chi connectivity index (χ0n) is 17.4. The maximum Gasteiger partial charge on any atom is 0.291 e. The Morgan fingerprint density at radius 3 is 2.77 bits per heavy atom. The molecule has 0 radical (unpaired) electrons. The molecule has 3 heterocycles. The summed E-state index contributed by atoms with van der Waals surface area (Å²) in [6, 6.07) is 13.9. The van der Waals surface area contributed by atoms with Crippen LogP contribution in [0.2, 0.25) is 0 Å². The predicted octanol–water partition coefficient (Wildman–Crippen LogP) is 5.04. The largest absolute Gasteiger partial charge is 0.451 e. The molecule has 0 spiro atoms. The monoisotopic (exact) mass is 481 g/mol. The van der Waals surface area contributed by atoms with Crippen molar-refractivity contribution in [3.05, 3.63) is 64.5 Å². The van der Waals surface area contributed by atoms with Gasteiger partial charge in [-0.25, -0.2) is 0 Å². The molecule has 0 saturated carbocycles. The Labute approximate surface area is 188 Å². The minimum atomic E-state index is -0.240. The van der Waals surface area contributed by atoms with Crippen LogP contribution in [0.4, 0.5) is 5.69 Å². The Bertz CT molecular complexity index is 1250. The average Bonchev–Trinajstić information content (AvgIpc) is 3.33. The van der Waals surface area contributed by atoms with Gasteiger partial charge in [-0.1, -0.05) is 15.9 Å². The van der Waals surface area contributed by atoms with Gasteiger partial charge >= 0.3 is 0 Å². The third-order valence-corrected chi connectivity index (χ3v) is 6.39. The van der Waals surface area contributed by atoms with Gasteiger partial charge in [0.25, 0.3) is 5.91 Å². The van der Waals surface area contributed by atoms with E-state index in [4.69, 9.17) is 9.15 Å². The van der Waals surface area contributed by atoms with Crippen molar-refractivity contribution in [3.63, 3.8) is 0 Å². The molecule has 0 bridgehead atoms. The van der Waals surface area contributed by atoms with Crippen molar-refractivity contribution in [2.75, 3.05) is 38.2 Å². The highest BCUT2D eigenvalue weighted by Gasteiger charge is 2.18. The topological polar surface area (TPSA) is 59.6 Å². The fourth-order valence-electron chi connectivity index (χ4n) is 4.14. The van der Waals surface area contributed by atoms with E-state index in [0.717, 1.165) is 71.4 Å². The van der Waals surface area contributed by atoms with Crippen LogP contribution in [0.5, 0.6) is 0 Å². The summed E-state index contributed by atoms with van der Waals surface area (Å²) in [5, 5.41) is 5.02. The van der Waals surface area contributed by atoms with Gasteiger partial charge in [0.15, 0.2) is 5.76 Å². The molecule has 7 heteroatoms. The molecule has 1 saturated heterocycles. The van der Waals surface area contributed by atoms with E-state index in [2.05, 4.69) is 49.0 Å². The fraction of sp³-hybridized carbons (Fsp3) is 0.292. The lowest BCUT2D eigenvalue weighted by molar-refractivity contribution is 0.0365. The number of amides is 1. The molecule has 4 aromatic rings. The number of benzene rings is 2. The molecule has 0 aliphatic carbocycles. The van der Waals surface area contributed by atoms with Gasteiger partial charge in [0.1, 0.15) is 5.58 Å². The number of ether oxygens (including phenoxy) is 1. The zero-order chi connectivity index (χ0) is 21.4. The number of morpholine rings is 1. The van der Waals surface area contributed by atoms with Gasteiger partial charge in [-0.3, -0.25) is 9.69 Å². The summed E-state index contributed by atoms with van der Waals surface area (Å²) in [6.45, 7) is 7.47. The molecule has 160 valence electrons. The van der Waals surface area contributed by atoms with Crippen LogP contribution < -0.4 is 5.32 Å². The second kappa shape index (κ2) is 8.49. The Morgan fingerprint density at radius 1 is 1.10 bits per heavy atom. The number of aromatic nitrogens is 1. The molecule has 1 N–H and O–H groups in total. The Hall–Kier alpha value is -2.61. The van der Waals surface area contributed by atoms with E-state index < -0.39 is 0 Å². The van der Waals surface area contributed by atoms with Gasteiger partial charge in [0, 0.05) is 64.4 Å². The van der Waals surface area contributed by atoms with E-state index in [-0.39, 0.29) is 5.91 Å². The summed E-state index contributed by atoms with van der Waals surface area (Å²) in [6.07, 6.45) is 2.11. The number of anilines is 1. The van der Waals surface area contributed by atoms with Gasteiger partial charge in [-0.05, 0) is 49.4 Å². The molecule has 6 nitrogen and oxygen atoms in total. The third-order valence-electron chi connectivity index (χ3n) is 5.89. The molecule has 31 heavy (non-hydrogen) atoms. The van der Waals surface area contributed by atoms with Crippen molar-refractivity contribution in [1.29, 1.82) is 0 Å². The maximum absolute atomic E-state index is 12.9. The second-order valence-electron chi connectivity index (χ2n) is 7.89. The van der Waals surface area contributed by atoms with E-state index >= 15 is 0 Å². The number of aryl methyl sites for hydroxylation is 1. The number of nitrogens with zero attached hydrogens (tertiary/aromatic N) is 2. The van der Waals surface area contributed by atoms with Crippen LogP contribution in [0.3, 0.4) is 0 Å². The second-order valence-corrected chi connectivity index (χ2v) is 8.80. The SMILES string of the molecule is Cc1c(C(=O)Nc2ccc3c(ccn3CCN3CCOCC3)c2)oc2ccc(Br)cc12. The highest BCUT2D eigenvalue weighted by atomic mass is 79.9. The Kier molecular flexibility index (Phi) is 5.56. The van der Waals surface area contributed by atoms with Crippen molar-refractivity contribution in [2.24, 2.45) is 0 Å². The number of hydrogen-bond donors (Lipinski definition) is 1. The summed E-state index contributed by atoms with van der Waals surface area (Å²) < 4.78 is 14.5. The number of fused-ring (bicyclic) bond motifs is 2. The number of carbonyl (C=O) groups is 1. The number of nitrogens with one attached hydrogen (secondary N) is 1. The Morgan fingerprint density at radius 2 is 1.94 bits per heavy atom. The van der Waals surface area contributed by atoms with Crippen molar-refractivity contribution in [3.8, 4) is 0 Å². The first kappa shape index (κ1) is 20.3. The molecule has 0 unspecified atom stereocenters. The smallest absolute Gasteiger partial charge is 0.291 e. The van der Waals surface area contributed by atoms with Crippen LogP contribution in [0.1, 0.15) is 16.1 Å². The summed E-state index contributed by atoms with van der Waals surface area (Å²) in [5.41, 5.74) is 3.46. The summed E-state index contributed by atoms with van der Waals surface area (Å²) >= 11 is 3.47. The van der Waals surface area contributed by atoms with Crippen LogP contribution in [0, 0.1) is 6.92 Å². The quantitative estimate of drug-likeness (QED) is 0.433. The number of hydrogen-bond acceptors (Lipinski definition) is 4. The van der Waals surface area contributed by atoms with Crippen LogP contribution in [0.25, 0.3) is 21.9 Å². The van der Waals surface area contributed by atoms with Gasteiger partial charge in [0.05, 0.1) is 13.2 Å². The molecule has 1 fully saturated rings. The summed E-state index contributed by atoms with van der Waals surface area (Å²) in [7, 11) is 0. The highest BCUT2D eigenvalue weighted by Crippen LogP contribution is 2.29. The first-order valence-corrected chi connectivity index (χ1v) is 11.3. The minimum absolute atomic E-state index is 0.240. The van der Waals surface area contributed by atoms with Gasteiger partial charge in [-0.2, -0.15) is 0 Å². The molecule has 5 rings (SSSR count). The molecule has 1 aliphatic rings. The average molecular weight is 482 g/mol. The van der Waals surface area contributed by atoms with Gasteiger partial charge in [-0.15, -0.1) is 0 Å². The number of carbonyl (C=O) groups excluding carboxylic acids is 1. The molecular formula is C24H24BrN3O3. The number of furan rings is 1. The third kappa shape index (κ3) is 4.13. The Balaban J connectivity index is 1.32. The fourth-order valence-corrected chi connectivity index (χ4v) is 4.51. The zero-order valence-corrected chi connectivity index (χ0v) is 18.9. The van der Waals surface area contributed by atoms with Crippen molar-refractivity contribution in [1.82, 2.24) is 9.47 Å². The van der Waals surface area contributed by atoms with E-state index in [1.165, 1.54) is 0 Å². The molecule has 2 aromatic heterocycles. The lowest BCUT2D eigenvalue weighted by Gasteiger charge is -2.26. The van der Waals surface area contributed by atoms with E-state index in [1.54, 1.807) is 0 Å². The van der Waals surface area contributed by atoms with Crippen molar-refractivity contribution >= 4 is 49.4 Å². The van der Waals surface area contributed by atoms with E-state index in [1.807, 2.05) is 37.3 Å². The van der Waals surface area contributed by atoms with Crippen LogP contribution in [-0.2, 0) is 11.3 Å².